The Kier molecular flexibility index (Phi) is 6.21. The van der Waals surface area contributed by atoms with E-state index >= 15 is 0 Å². The third-order valence-electron chi connectivity index (χ3n) is 4.18. The van der Waals surface area contributed by atoms with Crippen LogP contribution in [0, 0.1) is 0 Å². The fourth-order valence-corrected chi connectivity index (χ4v) is 2.98. The molecule has 1 aliphatic heterocycles. The molecule has 0 radical (unpaired) electrons. The minimum absolute atomic E-state index is 0.294. The smallest absolute Gasteiger partial charge is 0.303 e. The summed E-state index contributed by atoms with van der Waals surface area (Å²) in [4.78, 5) is 15.5. The van der Waals surface area contributed by atoms with Crippen LogP contribution in [0.15, 0.2) is 30.3 Å². The normalized spacial score (nSPS) is 20.5. The number of hydrogen-bond donors (Lipinski definition) is 1. The predicted octanol–water partition coefficient (Wildman–Crippen LogP) is 2.45. The predicted molar refractivity (Wildman–Crippen MR) is 84.2 cm³/mol. The van der Waals surface area contributed by atoms with Crippen molar-refractivity contribution >= 4 is 5.97 Å². The van der Waals surface area contributed by atoms with Crippen LogP contribution in [0.1, 0.15) is 31.7 Å². The van der Waals surface area contributed by atoms with Crippen LogP contribution in [-0.2, 0) is 11.3 Å². The Balaban J connectivity index is 1.70. The van der Waals surface area contributed by atoms with Crippen LogP contribution >= 0.6 is 0 Å². The van der Waals surface area contributed by atoms with E-state index in [9.17, 15) is 4.79 Å². The molecule has 4 nitrogen and oxygen atoms in total. The lowest BCUT2D eigenvalue weighted by Gasteiger charge is -2.40. The molecule has 1 aromatic rings. The van der Waals surface area contributed by atoms with Gasteiger partial charge in [0.1, 0.15) is 0 Å². The van der Waals surface area contributed by atoms with E-state index in [-0.39, 0.29) is 0 Å². The first-order valence-corrected chi connectivity index (χ1v) is 7.87. The first-order chi connectivity index (χ1) is 10.1. The number of hydrogen-bond acceptors (Lipinski definition) is 3. The molecule has 0 aromatic heterocycles. The van der Waals surface area contributed by atoms with E-state index in [1.54, 1.807) is 0 Å². The summed E-state index contributed by atoms with van der Waals surface area (Å²) >= 11 is 0. The minimum atomic E-state index is -0.685. The van der Waals surface area contributed by atoms with Crippen molar-refractivity contribution in [2.45, 2.75) is 38.8 Å². The maximum Gasteiger partial charge on any atom is 0.303 e. The number of unbranched alkanes of at least 4 members (excludes halogenated alkanes) is 1. The molecule has 4 heteroatoms. The summed E-state index contributed by atoms with van der Waals surface area (Å²) in [7, 11) is 0. The lowest BCUT2D eigenvalue weighted by Crippen LogP contribution is -2.51. The molecule has 0 amide bonds. The van der Waals surface area contributed by atoms with Gasteiger partial charge in [-0.15, -0.1) is 0 Å². The number of carbonyl (C=O) groups is 1. The molecule has 0 aliphatic carbocycles. The molecule has 1 N–H and O–H groups in total. The molecule has 1 fully saturated rings. The first kappa shape index (κ1) is 16.0. The number of rotatable bonds is 7. The SMILES string of the molecule is C[C@@H]1CN(Cc2ccccc2)CCN1CCCCC(=O)O. The zero-order chi connectivity index (χ0) is 15.1. The fraction of sp³-hybridized carbons (Fsp3) is 0.588. The van der Waals surface area contributed by atoms with Gasteiger partial charge in [-0.1, -0.05) is 30.3 Å². The highest BCUT2D eigenvalue weighted by Crippen LogP contribution is 2.14. The summed E-state index contributed by atoms with van der Waals surface area (Å²) in [5, 5.41) is 8.66. The maximum absolute atomic E-state index is 10.5. The number of piperazine rings is 1. The monoisotopic (exact) mass is 290 g/mol. The molecule has 0 bridgehead atoms. The van der Waals surface area contributed by atoms with Crippen molar-refractivity contribution in [1.82, 2.24) is 9.80 Å². The average Bonchev–Trinajstić information content (AvgIpc) is 2.46. The standard InChI is InChI=1S/C17H26N2O2/c1-15-13-18(14-16-7-3-2-4-8-16)11-12-19(15)10-6-5-9-17(20)21/h2-4,7-8,15H,5-6,9-14H2,1H3,(H,20,21)/t15-/m1/s1. The van der Waals surface area contributed by atoms with Gasteiger partial charge in [0.15, 0.2) is 0 Å². The van der Waals surface area contributed by atoms with Crippen molar-refractivity contribution in [2.75, 3.05) is 26.2 Å². The zero-order valence-corrected chi connectivity index (χ0v) is 12.9. The molecule has 0 spiro atoms. The van der Waals surface area contributed by atoms with Gasteiger partial charge >= 0.3 is 5.97 Å². The van der Waals surface area contributed by atoms with Gasteiger partial charge in [0.2, 0.25) is 0 Å². The molecular formula is C17H26N2O2. The van der Waals surface area contributed by atoms with Crippen LogP contribution in [0.25, 0.3) is 0 Å². The Morgan fingerprint density at radius 3 is 2.67 bits per heavy atom. The summed E-state index contributed by atoms with van der Waals surface area (Å²) in [6.45, 7) is 7.59. The van der Waals surface area contributed by atoms with Gasteiger partial charge in [-0.05, 0) is 31.9 Å². The molecule has 0 unspecified atom stereocenters. The van der Waals surface area contributed by atoms with E-state index < -0.39 is 5.97 Å². The second-order valence-electron chi connectivity index (χ2n) is 5.96. The molecule has 1 saturated heterocycles. The topological polar surface area (TPSA) is 43.8 Å². The Labute approximate surface area is 127 Å². The van der Waals surface area contributed by atoms with Crippen LogP contribution in [0.2, 0.25) is 0 Å². The van der Waals surface area contributed by atoms with Crippen molar-refractivity contribution in [2.24, 2.45) is 0 Å². The Morgan fingerprint density at radius 2 is 2.00 bits per heavy atom. The highest BCUT2D eigenvalue weighted by atomic mass is 16.4. The molecule has 1 heterocycles. The summed E-state index contributed by atoms with van der Waals surface area (Å²) in [6, 6.07) is 11.2. The fourth-order valence-electron chi connectivity index (χ4n) is 2.98. The van der Waals surface area contributed by atoms with Gasteiger partial charge in [0.25, 0.3) is 0 Å². The van der Waals surface area contributed by atoms with Crippen molar-refractivity contribution < 1.29 is 9.90 Å². The van der Waals surface area contributed by atoms with Crippen molar-refractivity contribution in [3.8, 4) is 0 Å². The Bertz CT molecular complexity index is 436. The van der Waals surface area contributed by atoms with Gasteiger partial charge in [0, 0.05) is 38.6 Å². The lowest BCUT2D eigenvalue weighted by atomic mass is 10.1. The third kappa shape index (κ3) is 5.48. The van der Waals surface area contributed by atoms with Crippen LogP contribution < -0.4 is 0 Å². The number of carboxylic acids is 1. The van der Waals surface area contributed by atoms with Crippen molar-refractivity contribution in [3.63, 3.8) is 0 Å². The largest absolute Gasteiger partial charge is 0.481 e. The quantitative estimate of drug-likeness (QED) is 0.783. The molecule has 1 aromatic carbocycles. The van der Waals surface area contributed by atoms with E-state index in [0.29, 0.717) is 12.5 Å². The van der Waals surface area contributed by atoms with Gasteiger partial charge in [0.05, 0.1) is 0 Å². The number of benzene rings is 1. The molecule has 21 heavy (non-hydrogen) atoms. The third-order valence-corrected chi connectivity index (χ3v) is 4.18. The summed E-state index contributed by atoms with van der Waals surface area (Å²) < 4.78 is 0. The van der Waals surface area contributed by atoms with E-state index in [1.165, 1.54) is 5.56 Å². The highest BCUT2D eigenvalue weighted by molar-refractivity contribution is 5.66. The summed E-state index contributed by atoms with van der Waals surface area (Å²) in [6.07, 6.45) is 2.06. The second-order valence-corrected chi connectivity index (χ2v) is 5.96. The first-order valence-electron chi connectivity index (χ1n) is 7.87. The van der Waals surface area contributed by atoms with E-state index in [2.05, 4.69) is 47.1 Å². The minimum Gasteiger partial charge on any atom is -0.481 e. The highest BCUT2D eigenvalue weighted by Gasteiger charge is 2.22. The van der Waals surface area contributed by atoms with Gasteiger partial charge in [-0.3, -0.25) is 14.6 Å². The lowest BCUT2D eigenvalue weighted by molar-refractivity contribution is -0.137. The number of carboxylic acid groups (broad SMARTS) is 1. The van der Waals surface area contributed by atoms with Crippen molar-refractivity contribution in [3.05, 3.63) is 35.9 Å². The number of nitrogens with zero attached hydrogens (tertiary/aromatic N) is 2. The molecular weight excluding hydrogens is 264 g/mol. The van der Waals surface area contributed by atoms with Crippen molar-refractivity contribution in [1.29, 1.82) is 0 Å². The van der Waals surface area contributed by atoms with Gasteiger partial charge in [-0.2, -0.15) is 0 Å². The molecule has 0 saturated carbocycles. The Hall–Kier alpha value is -1.39. The van der Waals surface area contributed by atoms with E-state index in [0.717, 1.165) is 45.6 Å². The molecule has 116 valence electrons. The zero-order valence-electron chi connectivity index (χ0n) is 12.9. The average molecular weight is 290 g/mol. The molecule has 1 aliphatic rings. The van der Waals surface area contributed by atoms with Crippen LogP contribution in [-0.4, -0.2) is 53.1 Å². The molecule has 2 rings (SSSR count). The van der Waals surface area contributed by atoms with E-state index in [4.69, 9.17) is 5.11 Å². The molecule has 1 atom stereocenters. The van der Waals surface area contributed by atoms with Crippen LogP contribution in [0.3, 0.4) is 0 Å². The number of aliphatic carboxylic acids is 1. The van der Waals surface area contributed by atoms with Crippen LogP contribution in [0.5, 0.6) is 0 Å². The Morgan fingerprint density at radius 1 is 1.24 bits per heavy atom. The van der Waals surface area contributed by atoms with Gasteiger partial charge < -0.3 is 5.11 Å². The summed E-state index contributed by atoms with van der Waals surface area (Å²) in [5.41, 5.74) is 1.37. The van der Waals surface area contributed by atoms with E-state index in [1.807, 2.05) is 0 Å². The maximum atomic E-state index is 10.5. The second kappa shape index (κ2) is 8.15. The van der Waals surface area contributed by atoms with Crippen LogP contribution in [0.4, 0.5) is 0 Å². The van der Waals surface area contributed by atoms with Gasteiger partial charge in [-0.25, -0.2) is 0 Å². The summed E-state index contributed by atoms with van der Waals surface area (Å²) in [5.74, 6) is -0.685.